The molecule has 1 fully saturated rings. The highest BCUT2D eigenvalue weighted by Crippen LogP contribution is 2.17. The van der Waals surface area contributed by atoms with Crippen LogP contribution in [0.1, 0.15) is 25.0 Å². The maximum absolute atomic E-state index is 10.8. The van der Waals surface area contributed by atoms with Gasteiger partial charge < -0.3 is 20.5 Å². The zero-order chi connectivity index (χ0) is 20.5. The third-order valence-corrected chi connectivity index (χ3v) is 5.52. The van der Waals surface area contributed by atoms with Crippen molar-refractivity contribution in [1.82, 2.24) is 20.4 Å². The van der Waals surface area contributed by atoms with E-state index in [-0.39, 0.29) is 0 Å². The maximum Gasteiger partial charge on any atom is 0.191 e. The molecule has 1 saturated heterocycles. The van der Waals surface area contributed by atoms with Crippen molar-refractivity contribution in [2.24, 2.45) is 4.99 Å². The van der Waals surface area contributed by atoms with Gasteiger partial charge in [0, 0.05) is 52.4 Å². The van der Waals surface area contributed by atoms with Gasteiger partial charge in [0.15, 0.2) is 5.96 Å². The van der Waals surface area contributed by atoms with Crippen LogP contribution in [0.5, 0.6) is 0 Å². The minimum Gasteiger partial charge on any atom is -0.387 e. The fourth-order valence-corrected chi connectivity index (χ4v) is 3.96. The number of ether oxygens (including phenoxy) is 1. The standard InChI is InChI=1S/C22H37N5O2/c1-3-23-21(25-17-22(2,28)18-27-12-14-29-15-13-27)24-9-11-26-10-8-19-6-4-5-7-20(19)16-26/h4-7,28H,3,8-18H2,1-2H3,(H2,23,24,25). The molecule has 3 N–H and O–H groups in total. The Labute approximate surface area is 175 Å². The topological polar surface area (TPSA) is 72.4 Å². The van der Waals surface area contributed by atoms with Crippen molar-refractivity contribution in [3.05, 3.63) is 35.4 Å². The van der Waals surface area contributed by atoms with Gasteiger partial charge in [-0.15, -0.1) is 0 Å². The second kappa shape index (κ2) is 10.9. The summed E-state index contributed by atoms with van der Waals surface area (Å²) in [6, 6.07) is 8.73. The van der Waals surface area contributed by atoms with Crippen LogP contribution in [0.25, 0.3) is 0 Å². The number of fused-ring (bicyclic) bond motifs is 1. The predicted octanol–water partition coefficient (Wildman–Crippen LogP) is 0.683. The summed E-state index contributed by atoms with van der Waals surface area (Å²) in [7, 11) is 0. The van der Waals surface area contributed by atoms with E-state index in [2.05, 4.69) is 56.6 Å². The third-order valence-electron chi connectivity index (χ3n) is 5.52. The van der Waals surface area contributed by atoms with E-state index < -0.39 is 5.60 Å². The SMILES string of the molecule is CCNC(=NCC(C)(O)CN1CCOCC1)NCCN1CCc2ccccc2C1. The van der Waals surface area contributed by atoms with E-state index in [4.69, 9.17) is 4.74 Å². The van der Waals surface area contributed by atoms with E-state index in [0.29, 0.717) is 13.1 Å². The van der Waals surface area contributed by atoms with Gasteiger partial charge in [0.25, 0.3) is 0 Å². The van der Waals surface area contributed by atoms with E-state index in [9.17, 15) is 5.11 Å². The Hall–Kier alpha value is -1.67. The number of benzene rings is 1. The Morgan fingerprint density at radius 1 is 1.14 bits per heavy atom. The number of morpholine rings is 1. The molecule has 29 heavy (non-hydrogen) atoms. The lowest BCUT2D eigenvalue weighted by molar-refractivity contribution is -0.0180. The van der Waals surface area contributed by atoms with Gasteiger partial charge in [-0.2, -0.15) is 0 Å². The van der Waals surface area contributed by atoms with Crippen molar-refractivity contribution in [2.45, 2.75) is 32.4 Å². The Morgan fingerprint density at radius 2 is 1.90 bits per heavy atom. The highest BCUT2D eigenvalue weighted by molar-refractivity contribution is 5.79. The molecule has 0 amide bonds. The zero-order valence-corrected chi connectivity index (χ0v) is 18.0. The van der Waals surface area contributed by atoms with E-state index in [1.54, 1.807) is 0 Å². The van der Waals surface area contributed by atoms with Gasteiger partial charge in [-0.3, -0.25) is 14.8 Å². The highest BCUT2D eigenvalue weighted by Gasteiger charge is 2.25. The fourth-order valence-electron chi connectivity index (χ4n) is 3.96. The molecule has 0 aliphatic carbocycles. The largest absolute Gasteiger partial charge is 0.387 e. The number of nitrogens with zero attached hydrogens (tertiary/aromatic N) is 3. The second-order valence-corrected chi connectivity index (χ2v) is 8.30. The van der Waals surface area contributed by atoms with Crippen LogP contribution in [0.2, 0.25) is 0 Å². The predicted molar refractivity (Wildman–Crippen MR) is 117 cm³/mol. The quantitative estimate of drug-likeness (QED) is 0.438. The molecule has 1 atom stereocenters. The van der Waals surface area contributed by atoms with Gasteiger partial charge >= 0.3 is 0 Å². The van der Waals surface area contributed by atoms with E-state index in [0.717, 1.165) is 71.4 Å². The van der Waals surface area contributed by atoms with Crippen molar-refractivity contribution < 1.29 is 9.84 Å². The molecule has 2 aliphatic heterocycles. The molecule has 1 aromatic rings. The summed E-state index contributed by atoms with van der Waals surface area (Å²) in [6.45, 7) is 12.9. The summed E-state index contributed by atoms with van der Waals surface area (Å²) >= 11 is 0. The van der Waals surface area contributed by atoms with Crippen LogP contribution in [0.3, 0.4) is 0 Å². The number of β-amino-alcohol motifs (C(OH)–C–C–N with tert-alkyl or cyclic N) is 1. The summed E-state index contributed by atoms with van der Waals surface area (Å²) in [4.78, 5) is 9.36. The number of aliphatic imine (C=N–C) groups is 1. The molecule has 0 aromatic heterocycles. The molecule has 1 aromatic carbocycles. The Kier molecular flexibility index (Phi) is 8.29. The molecule has 0 radical (unpaired) electrons. The van der Waals surface area contributed by atoms with Gasteiger partial charge in [0.1, 0.15) is 0 Å². The van der Waals surface area contributed by atoms with Crippen molar-refractivity contribution in [2.75, 3.05) is 65.6 Å². The first kappa shape index (κ1) is 22.0. The molecule has 7 heteroatoms. The summed E-state index contributed by atoms with van der Waals surface area (Å²) in [5, 5.41) is 17.5. The van der Waals surface area contributed by atoms with Crippen LogP contribution in [-0.2, 0) is 17.7 Å². The van der Waals surface area contributed by atoms with E-state index in [1.807, 2.05) is 6.92 Å². The molecule has 162 valence electrons. The Morgan fingerprint density at radius 3 is 2.66 bits per heavy atom. The molecular formula is C22H37N5O2. The van der Waals surface area contributed by atoms with Crippen molar-refractivity contribution in [3.8, 4) is 0 Å². The monoisotopic (exact) mass is 403 g/mol. The number of nitrogens with one attached hydrogen (secondary N) is 2. The Balaban J connectivity index is 1.44. The smallest absolute Gasteiger partial charge is 0.191 e. The number of hydrogen-bond donors (Lipinski definition) is 3. The van der Waals surface area contributed by atoms with Crippen molar-refractivity contribution in [1.29, 1.82) is 0 Å². The molecule has 2 heterocycles. The van der Waals surface area contributed by atoms with Gasteiger partial charge in [-0.05, 0) is 31.4 Å². The Bertz CT molecular complexity index is 658. The maximum atomic E-state index is 10.8. The first-order valence-electron chi connectivity index (χ1n) is 10.9. The van der Waals surface area contributed by atoms with E-state index in [1.165, 1.54) is 11.1 Å². The van der Waals surface area contributed by atoms with Crippen LogP contribution in [0, 0.1) is 0 Å². The summed E-state index contributed by atoms with van der Waals surface area (Å²) in [6.07, 6.45) is 1.12. The van der Waals surface area contributed by atoms with Crippen LogP contribution in [0.15, 0.2) is 29.3 Å². The lowest BCUT2D eigenvalue weighted by Gasteiger charge is -2.33. The first-order chi connectivity index (χ1) is 14.1. The average molecular weight is 404 g/mol. The number of aliphatic hydroxyl groups is 1. The first-order valence-corrected chi connectivity index (χ1v) is 10.9. The molecular weight excluding hydrogens is 366 g/mol. The molecule has 1 unspecified atom stereocenters. The lowest BCUT2D eigenvalue weighted by Crippen LogP contribution is -2.48. The third kappa shape index (κ3) is 7.26. The second-order valence-electron chi connectivity index (χ2n) is 8.30. The normalized spacial score (nSPS) is 20.7. The van der Waals surface area contributed by atoms with Gasteiger partial charge in [-0.1, -0.05) is 24.3 Å². The van der Waals surface area contributed by atoms with Crippen molar-refractivity contribution >= 4 is 5.96 Å². The summed E-state index contributed by atoms with van der Waals surface area (Å²) < 4.78 is 5.38. The van der Waals surface area contributed by atoms with Crippen LogP contribution in [0.4, 0.5) is 0 Å². The molecule has 3 rings (SSSR count). The molecule has 7 nitrogen and oxygen atoms in total. The average Bonchev–Trinajstić information content (AvgIpc) is 2.72. The van der Waals surface area contributed by atoms with E-state index >= 15 is 0 Å². The number of hydrogen-bond acceptors (Lipinski definition) is 5. The van der Waals surface area contributed by atoms with Crippen LogP contribution >= 0.6 is 0 Å². The lowest BCUT2D eigenvalue weighted by atomic mass is 10.00. The number of guanidine groups is 1. The van der Waals surface area contributed by atoms with Crippen LogP contribution in [-0.4, -0.2) is 92.0 Å². The van der Waals surface area contributed by atoms with Crippen molar-refractivity contribution in [3.63, 3.8) is 0 Å². The molecule has 0 spiro atoms. The van der Waals surface area contributed by atoms with Gasteiger partial charge in [0.05, 0.1) is 25.4 Å². The van der Waals surface area contributed by atoms with Gasteiger partial charge in [-0.25, -0.2) is 0 Å². The minimum absolute atomic E-state index is 0.372. The van der Waals surface area contributed by atoms with Crippen LogP contribution < -0.4 is 10.6 Å². The van der Waals surface area contributed by atoms with Gasteiger partial charge in [0.2, 0.25) is 0 Å². The fraction of sp³-hybridized carbons (Fsp3) is 0.682. The zero-order valence-electron chi connectivity index (χ0n) is 18.0. The molecule has 0 bridgehead atoms. The molecule has 2 aliphatic rings. The number of rotatable bonds is 8. The summed E-state index contributed by atoms with van der Waals surface area (Å²) in [5.74, 6) is 0.771. The molecule has 0 saturated carbocycles. The minimum atomic E-state index is -0.851. The summed E-state index contributed by atoms with van der Waals surface area (Å²) in [5.41, 5.74) is 2.07. The highest BCUT2D eigenvalue weighted by atomic mass is 16.5.